The lowest BCUT2D eigenvalue weighted by Gasteiger charge is -2.25. The molecule has 2 heteroatoms. The summed E-state index contributed by atoms with van der Waals surface area (Å²) in [4.78, 5) is 0. The van der Waals surface area contributed by atoms with Crippen LogP contribution in [-0.4, -0.2) is 18.2 Å². The lowest BCUT2D eigenvalue weighted by Crippen LogP contribution is -2.36. The van der Waals surface area contributed by atoms with Crippen molar-refractivity contribution in [1.82, 2.24) is 0 Å². The predicted molar refractivity (Wildman–Crippen MR) is 57.8 cm³/mol. The molecular weight excluding hydrogens is 162 g/mol. The molecular formula is C11H25NO. The zero-order valence-corrected chi connectivity index (χ0v) is 9.76. The second-order valence-corrected chi connectivity index (χ2v) is 4.85. The van der Waals surface area contributed by atoms with E-state index in [1.807, 2.05) is 0 Å². The normalized spacial score (nSPS) is 17.1. The second-order valence-electron chi connectivity index (χ2n) is 4.85. The van der Waals surface area contributed by atoms with Crippen LogP contribution in [0.2, 0.25) is 0 Å². The van der Waals surface area contributed by atoms with Crippen molar-refractivity contribution in [3.05, 3.63) is 0 Å². The Balaban J connectivity index is 3.67. The van der Waals surface area contributed by atoms with Gasteiger partial charge in [-0.15, -0.1) is 0 Å². The van der Waals surface area contributed by atoms with E-state index < -0.39 is 0 Å². The summed E-state index contributed by atoms with van der Waals surface area (Å²) in [6, 6.07) is 0.180. The van der Waals surface area contributed by atoms with Crippen LogP contribution in [0.5, 0.6) is 0 Å². The first-order chi connectivity index (χ1) is 5.87. The Morgan fingerprint density at radius 2 is 1.85 bits per heavy atom. The number of nitrogens with two attached hydrogens (primary N) is 1. The van der Waals surface area contributed by atoms with E-state index in [-0.39, 0.29) is 11.6 Å². The Labute approximate surface area is 82.8 Å². The van der Waals surface area contributed by atoms with E-state index in [1.165, 1.54) is 12.8 Å². The van der Waals surface area contributed by atoms with Gasteiger partial charge < -0.3 is 10.5 Å². The second kappa shape index (κ2) is 5.61. The first-order valence-corrected chi connectivity index (χ1v) is 5.26. The largest absolute Gasteiger partial charge is 0.374 e. The van der Waals surface area contributed by atoms with Gasteiger partial charge in [-0.05, 0) is 33.1 Å². The Bertz CT molecular complexity index is 129. The Morgan fingerprint density at radius 3 is 2.23 bits per heavy atom. The first kappa shape index (κ1) is 12.9. The van der Waals surface area contributed by atoms with Crippen molar-refractivity contribution in [2.75, 3.05) is 6.61 Å². The molecule has 0 amide bonds. The first-order valence-electron chi connectivity index (χ1n) is 5.26. The third-order valence-corrected chi connectivity index (χ3v) is 2.18. The van der Waals surface area contributed by atoms with E-state index in [0.29, 0.717) is 12.5 Å². The maximum Gasteiger partial charge on any atom is 0.0627 e. The molecule has 0 aromatic heterocycles. The van der Waals surface area contributed by atoms with Crippen LogP contribution >= 0.6 is 0 Å². The third kappa shape index (κ3) is 7.03. The summed E-state index contributed by atoms with van der Waals surface area (Å²) >= 11 is 0. The smallest absolute Gasteiger partial charge is 0.0627 e. The van der Waals surface area contributed by atoms with Gasteiger partial charge in [-0.2, -0.15) is 0 Å². The quantitative estimate of drug-likeness (QED) is 0.718. The summed E-state index contributed by atoms with van der Waals surface area (Å²) in [5, 5.41) is 0. The molecule has 0 saturated carbocycles. The van der Waals surface area contributed by atoms with Crippen LogP contribution in [0.3, 0.4) is 0 Å². The maximum absolute atomic E-state index is 5.99. The molecule has 0 aromatic carbocycles. The minimum Gasteiger partial charge on any atom is -0.374 e. The standard InChI is InChI=1S/C11H25NO/c1-6-7-9(2)10(12)8-13-11(3,4)5/h9-10H,6-8,12H2,1-5H3. The van der Waals surface area contributed by atoms with Gasteiger partial charge in [0, 0.05) is 6.04 Å². The van der Waals surface area contributed by atoms with E-state index in [1.54, 1.807) is 0 Å². The number of ether oxygens (including phenoxy) is 1. The van der Waals surface area contributed by atoms with Crippen molar-refractivity contribution in [1.29, 1.82) is 0 Å². The molecule has 2 atom stereocenters. The SMILES string of the molecule is CCCC(C)C(N)COC(C)(C)C. The van der Waals surface area contributed by atoms with E-state index in [4.69, 9.17) is 10.5 Å². The predicted octanol–water partition coefficient (Wildman–Crippen LogP) is 2.57. The number of rotatable bonds is 5. The van der Waals surface area contributed by atoms with E-state index >= 15 is 0 Å². The van der Waals surface area contributed by atoms with Gasteiger partial charge in [0.15, 0.2) is 0 Å². The van der Waals surface area contributed by atoms with Crippen molar-refractivity contribution in [3.63, 3.8) is 0 Å². The average Bonchev–Trinajstić information content (AvgIpc) is 1.99. The van der Waals surface area contributed by atoms with Crippen molar-refractivity contribution in [2.45, 2.75) is 59.1 Å². The fraction of sp³-hybridized carbons (Fsp3) is 1.00. The highest BCUT2D eigenvalue weighted by Gasteiger charge is 2.16. The zero-order chi connectivity index (χ0) is 10.5. The van der Waals surface area contributed by atoms with Gasteiger partial charge in [0.25, 0.3) is 0 Å². The lowest BCUT2D eigenvalue weighted by atomic mass is 9.98. The summed E-state index contributed by atoms with van der Waals surface area (Å²) in [6.45, 7) is 11.2. The number of hydrogen-bond acceptors (Lipinski definition) is 2. The molecule has 0 fully saturated rings. The van der Waals surface area contributed by atoms with Gasteiger partial charge in [0.05, 0.1) is 12.2 Å². The third-order valence-electron chi connectivity index (χ3n) is 2.18. The summed E-state index contributed by atoms with van der Waals surface area (Å²) in [6.07, 6.45) is 2.39. The summed E-state index contributed by atoms with van der Waals surface area (Å²) in [5.74, 6) is 0.562. The van der Waals surface area contributed by atoms with Crippen molar-refractivity contribution >= 4 is 0 Å². The molecule has 13 heavy (non-hydrogen) atoms. The zero-order valence-electron chi connectivity index (χ0n) is 9.76. The minimum atomic E-state index is -0.0659. The topological polar surface area (TPSA) is 35.2 Å². The summed E-state index contributed by atoms with van der Waals surface area (Å²) in [7, 11) is 0. The van der Waals surface area contributed by atoms with Gasteiger partial charge in [-0.1, -0.05) is 20.3 Å². The van der Waals surface area contributed by atoms with Gasteiger partial charge in [-0.25, -0.2) is 0 Å². The molecule has 0 rings (SSSR count). The monoisotopic (exact) mass is 187 g/mol. The van der Waals surface area contributed by atoms with Gasteiger partial charge in [0.1, 0.15) is 0 Å². The molecule has 0 aliphatic rings. The molecule has 0 bridgehead atoms. The van der Waals surface area contributed by atoms with Crippen molar-refractivity contribution in [3.8, 4) is 0 Å². The molecule has 0 heterocycles. The molecule has 2 N–H and O–H groups in total. The van der Waals surface area contributed by atoms with Gasteiger partial charge in [0.2, 0.25) is 0 Å². The molecule has 80 valence electrons. The van der Waals surface area contributed by atoms with Crippen molar-refractivity contribution in [2.24, 2.45) is 11.7 Å². The highest BCUT2D eigenvalue weighted by molar-refractivity contribution is 4.70. The maximum atomic E-state index is 5.99. The highest BCUT2D eigenvalue weighted by atomic mass is 16.5. The molecule has 0 aromatic rings. The number of hydrogen-bond donors (Lipinski definition) is 1. The van der Waals surface area contributed by atoms with Crippen LogP contribution in [0, 0.1) is 5.92 Å². The van der Waals surface area contributed by atoms with E-state index in [0.717, 1.165) is 0 Å². The van der Waals surface area contributed by atoms with Crippen LogP contribution in [0.4, 0.5) is 0 Å². The Hall–Kier alpha value is -0.0800. The van der Waals surface area contributed by atoms with Crippen LogP contribution in [0.15, 0.2) is 0 Å². The highest BCUT2D eigenvalue weighted by Crippen LogP contribution is 2.12. The summed E-state index contributed by atoms with van der Waals surface area (Å²) < 4.78 is 5.63. The molecule has 2 unspecified atom stereocenters. The van der Waals surface area contributed by atoms with Crippen LogP contribution in [-0.2, 0) is 4.74 Å². The Kier molecular flexibility index (Phi) is 5.57. The van der Waals surface area contributed by atoms with Crippen LogP contribution in [0.1, 0.15) is 47.5 Å². The molecule has 0 radical (unpaired) electrons. The van der Waals surface area contributed by atoms with Crippen LogP contribution in [0.25, 0.3) is 0 Å². The Morgan fingerprint density at radius 1 is 1.31 bits per heavy atom. The molecule has 0 saturated heterocycles. The van der Waals surface area contributed by atoms with Crippen molar-refractivity contribution < 1.29 is 4.74 Å². The van der Waals surface area contributed by atoms with Gasteiger partial charge in [-0.3, -0.25) is 0 Å². The van der Waals surface area contributed by atoms with Crippen LogP contribution < -0.4 is 5.73 Å². The molecule has 0 aliphatic heterocycles. The lowest BCUT2D eigenvalue weighted by molar-refractivity contribution is -0.0161. The van der Waals surface area contributed by atoms with Gasteiger partial charge >= 0.3 is 0 Å². The fourth-order valence-electron chi connectivity index (χ4n) is 1.18. The molecule has 0 spiro atoms. The molecule has 0 aliphatic carbocycles. The summed E-state index contributed by atoms with van der Waals surface area (Å²) in [5.41, 5.74) is 5.92. The average molecular weight is 187 g/mol. The minimum absolute atomic E-state index is 0.0659. The fourth-order valence-corrected chi connectivity index (χ4v) is 1.18. The molecule has 2 nitrogen and oxygen atoms in total. The van der Waals surface area contributed by atoms with E-state index in [9.17, 15) is 0 Å². The van der Waals surface area contributed by atoms with E-state index in [2.05, 4.69) is 34.6 Å².